The van der Waals surface area contributed by atoms with Gasteiger partial charge in [0.25, 0.3) is 5.91 Å². The molecule has 5 nitrogen and oxygen atoms in total. The van der Waals surface area contributed by atoms with E-state index >= 15 is 0 Å². The molecule has 2 heterocycles. The molecule has 0 saturated carbocycles. The normalized spacial score (nSPS) is 10.2. The van der Waals surface area contributed by atoms with Crippen molar-refractivity contribution in [3.63, 3.8) is 0 Å². The molecule has 0 aliphatic carbocycles. The van der Waals surface area contributed by atoms with E-state index in [4.69, 9.17) is 11.6 Å². The molecule has 0 aliphatic heterocycles. The lowest BCUT2D eigenvalue weighted by molar-refractivity contribution is 0.101. The highest BCUT2D eigenvalue weighted by molar-refractivity contribution is 6.29. The number of aromatic nitrogens is 3. The van der Waals surface area contributed by atoms with Crippen molar-refractivity contribution in [1.82, 2.24) is 14.8 Å². The van der Waals surface area contributed by atoms with Gasteiger partial charge in [-0.05, 0) is 31.2 Å². The molecule has 2 aromatic heterocycles. The third kappa shape index (κ3) is 2.62. The van der Waals surface area contributed by atoms with Crippen LogP contribution in [-0.2, 0) is 6.54 Å². The summed E-state index contributed by atoms with van der Waals surface area (Å²) in [5, 5.41) is 10.4. The van der Waals surface area contributed by atoms with Gasteiger partial charge in [-0.2, -0.15) is 0 Å². The first kappa shape index (κ1) is 11.6. The number of nitrogens with zero attached hydrogens (tertiary/aromatic N) is 3. The molecule has 6 heteroatoms. The van der Waals surface area contributed by atoms with Crippen LogP contribution in [0.3, 0.4) is 0 Å². The monoisotopic (exact) mass is 250 g/mol. The molecule has 0 fully saturated rings. The topological polar surface area (TPSA) is 59.8 Å². The molecule has 0 atom stereocenters. The predicted molar refractivity (Wildman–Crippen MR) is 65.1 cm³/mol. The molecule has 0 radical (unpaired) electrons. The Morgan fingerprint density at radius 2 is 2.24 bits per heavy atom. The van der Waals surface area contributed by atoms with E-state index in [0.717, 1.165) is 6.54 Å². The first-order valence-electron chi connectivity index (χ1n) is 5.16. The third-order valence-electron chi connectivity index (χ3n) is 2.28. The number of carbonyl (C=O) groups excluding carboxylic acids is 1. The summed E-state index contributed by atoms with van der Waals surface area (Å²) in [6.07, 6.45) is 1.85. The van der Waals surface area contributed by atoms with Gasteiger partial charge in [-0.15, -0.1) is 10.2 Å². The zero-order chi connectivity index (χ0) is 12.3. The maximum absolute atomic E-state index is 11.9. The molecule has 1 N–H and O–H groups in total. The summed E-state index contributed by atoms with van der Waals surface area (Å²) in [4.78, 5) is 11.9. The van der Waals surface area contributed by atoms with Crippen molar-refractivity contribution < 1.29 is 4.79 Å². The van der Waals surface area contributed by atoms with Crippen LogP contribution in [0, 0.1) is 0 Å². The lowest BCUT2D eigenvalue weighted by atomic mass is 10.4. The second kappa shape index (κ2) is 4.97. The highest BCUT2D eigenvalue weighted by atomic mass is 35.5. The zero-order valence-electron chi connectivity index (χ0n) is 9.22. The molecular weight excluding hydrogens is 240 g/mol. The number of anilines is 1. The Bertz CT molecular complexity index is 521. The van der Waals surface area contributed by atoms with Crippen LogP contribution in [0.4, 0.5) is 5.82 Å². The Balaban J connectivity index is 2.14. The van der Waals surface area contributed by atoms with Crippen molar-refractivity contribution in [1.29, 1.82) is 0 Å². The Morgan fingerprint density at radius 3 is 2.88 bits per heavy atom. The zero-order valence-corrected chi connectivity index (χ0v) is 9.98. The Morgan fingerprint density at radius 1 is 1.41 bits per heavy atom. The van der Waals surface area contributed by atoms with Gasteiger partial charge in [0.1, 0.15) is 5.69 Å². The van der Waals surface area contributed by atoms with E-state index in [-0.39, 0.29) is 5.91 Å². The molecule has 1 amide bonds. The predicted octanol–water partition coefficient (Wildman–Crippen LogP) is 2.20. The molecule has 0 spiro atoms. The molecule has 17 heavy (non-hydrogen) atoms. The first-order valence-corrected chi connectivity index (χ1v) is 5.54. The SMILES string of the molecule is CCn1cccc1C(=O)Nc1ccc(Cl)nn1. The summed E-state index contributed by atoms with van der Waals surface area (Å²) in [5.41, 5.74) is 0.587. The van der Waals surface area contributed by atoms with Crippen LogP contribution in [0.5, 0.6) is 0 Å². The number of aryl methyl sites for hydroxylation is 1. The number of hydrogen-bond donors (Lipinski definition) is 1. The Hall–Kier alpha value is -1.88. The fourth-order valence-corrected chi connectivity index (χ4v) is 1.56. The molecule has 0 unspecified atom stereocenters. The summed E-state index contributed by atoms with van der Waals surface area (Å²) >= 11 is 5.61. The van der Waals surface area contributed by atoms with E-state index in [1.807, 2.05) is 23.8 Å². The van der Waals surface area contributed by atoms with Crippen LogP contribution >= 0.6 is 11.6 Å². The minimum atomic E-state index is -0.214. The number of nitrogens with one attached hydrogen (secondary N) is 1. The van der Waals surface area contributed by atoms with E-state index in [1.165, 1.54) is 0 Å². The number of rotatable bonds is 3. The minimum absolute atomic E-state index is 0.214. The van der Waals surface area contributed by atoms with Crippen molar-refractivity contribution in [3.8, 4) is 0 Å². The molecular formula is C11H11ClN4O. The van der Waals surface area contributed by atoms with E-state index in [2.05, 4.69) is 15.5 Å². The lowest BCUT2D eigenvalue weighted by Gasteiger charge is -2.06. The average molecular weight is 251 g/mol. The van der Waals surface area contributed by atoms with E-state index < -0.39 is 0 Å². The molecule has 88 valence electrons. The first-order chi connectivity index (χ1) is 8.20. The van der Waals surface area contributed by atoms with Gasteiger partial charge in [0.15, 0.2) is 11.0 Å². The van der Waals surface area contributed by atoms with Gasteiger partial charge >= 0.3 is 0 Å². The van der Waals surface area contributed by atoms with Gasteiger partial charge in [0, 0.05) is 12.7 Å². The summed E-state index contributed by atoms with van der Waals surface area (Å²) in [6.45, 7) is 2.71. The van der Waals surface area contributed by atoms with Crippen molar-refractivity contribution in [3.05, 3.63) is 41.3 Å². The molecule has 0 aromatic carbocycles. The standard InChI is InChI=1S/C11H11ClN4O/c1-2-16-7-3-4-8(16)11(17)13-10-6-5-9(12)14-15-10/h3-7H,2H2,1H3,(H,13,15,17). The maximum Gasteiger partial charge on any atom is 0.273 e. The van der Waals surface area contributed by atoms with Crippen LogP contribution in [-0.4, -0.2) is 20.7 Å². The van der Waals surface area contributed by atoms with Crippen LogP contribution in [0.25, 0.3) is 0 Å². The molecule has 2 rings (SSSR count). The van der Waals surface area contributed by atoms with Crippen LogP contribution < -0.4 is 5.32 Å². The fraction of sp³-hybridized carbons (Fsp3) is 0.182. The van der Waals surface area contributed by atoms with Gasteiger partial charge < -0.3 is 9.88 Å². The molecule has 2 aromatic rings. The summed E-state index contributed by atoms with van der Waals surface area (Å²) in [5.74, 6) is 0.164. The highest BCUT2D eigenvalue weighted by Gasteiger charge is 2.10. The summed E-state index contributed by atoms with van der Waals surface area (Å²) < 4.78 is 1.85. The fourth-order valence-electron chi connectivity index (χ4n) is 1.46. The van der Waals surface area contributed by atoms with Gasteiger partial charge in [-0.25, -0.2) is 0 Å². The quantitative estimate of drug-likeness (QED) is 0.909. The highest BCUT2D eigenvalue weighted by Crippen LogP contribution is 2.09. The van der Waals surface area contributed by atoms with Crippen molar-refractivity contribution in [2.24, 2.45) is 0 Å². The van der Waals surface area contributed by atoms with E-state index in [1.54, 1.807) is 18.2 Å². The van der Waals surface area contributed by atoms with Crippen LogP contribution in [0.2, 0.25) is 5.15 Å². The Kier molecular flexibility index (Phi) is 3.39. The maximum atomic E-state index is 11.9. The minimum Gasteiger partial charge on any atom is -0.344 e. The number of halogens is 1. The second-order valence-corrected chi connectivity index (χ2v) is 3.76. The third-order valence-corrected chi connectivity index (χ3v) is 2.48. The molecule has 0 aliphatic rings. The van der Waals surface area contributed by atoms with Crippen molar-refractivity contribution >= 4 is 23.3 Å². The second-order valence-electron chi connectivity index (χ2n) is 3.37. The van der Waals surface area contributed by atoms with Gasteiger partial charge in [0.2, 0.25) is 0 Å². The summed E-state index contributed by atoms with van der Waals surface area (Å²) in [6, 6.07) is 6.75. The van der Waals surface area contributed by atoms with Crippen LogP contribution in [0.15, 0.2) is 30.5 Å². The number of amides is 1. The lowest BCUT2D eigenvalue weighted by Crippen LogP contribution is -2.17. The largest absolute Gasteiger partial charge is 0.344 e. The smallest absolute Gasteiger partial charge is 0.273 e. The number of hydrogen-bond acceptors (Lipinski definition) is 3. The van der Waals surface area contributed by atoms with E-state index in [0.29, 0.717) is 16.7 Å². The van der Waals surface area contributed by atoms with Gasteiger partial charge in [-0.3, -0.25) is 4.79 Å². The Labute approximate surface area is 103 Å². The molecule has 0 bridgehead atoms. The molecule has 0 saturated heterocycles. The van der Waals surface area contributed by atoms with Gasteiger partial charge in [-0.1, -0.05) is 11.6 Å². The number of carbonyl (C=O) groups is 1. The average Bonchev–Trinajstić information content (AvgIpc) is 2.80. The van der Waals surface area contributed by atoms with Crippen LogP contribution in [0.1, 0.15) is 17.4 Å². The van der Waals surface area contributed by atoms with Crippen molar-refractivity contribution in [2.75, 3.05) is 5.32 Å². The van der Waals surface area contributed by atoms with E-state index in [9.17, 15) is 4.79 Å². The van der Waals surface area contributed by atoms with Crippen molar-refractivity contribution in [2.45, 2.75) is 13.5 Å². The van der Waals surface area contributed by atoms with Gasteiger partial charge in [0.05, 0.1) is 0 Å². The summed E-state index contributed by atoms with van der Waals surface area (Å²) in [7, 11) is 0.